The van der Waals surface area contributed by atoms with E-state index in [0.29, 0.717) is 6.04 Å². The number of anilines is 1. The molecule has 1 aliphatic heterocycles. The van der Waals surface area contributed by atoms with Gasteiger partial charge < -0.3 is 19.9 Å². The van der Waals surface area contributed by atoms with Gasteiger partial charge in [-0.2, -0.15) is 0 Å². The first-order chi connectivity index (χ1) is 10.8. The summed E-state index contributed by atoms with van der Waals surface area (Å²) in [5, 5.41) is 4.48. The van der Waals surface area contributed by atoms with E-state index in [2.05, 4.69) is 27.2 Å². The highest BCUT2D eigenvalue weighted by Gasteiger charge is 2.23. The minimum Gasteiger partial charge on any atom is -0.495 e. The normalized spacial score (nSPS) is 19.3. The number of nitrogens with zero attached hydrogens (tertiary/aromatic N) is 2. The number of ether oxygens (including phenoxy) is 1. The first kappa shape index (κ1) is 15.4. The fourth-order valence-corrected chi connectivity index (χ4v) is 3.73. The van der Waals surface area contributed by atoms with E-state index in [1.807, 2.05) is 12.1 Å². The average molecular weight is 319 g/mol. The average Bonchev–Trinajstić information content (AvgIpc) is 3.08. The molecule has 22 heavy (non-hydrogen) atoms. The summed E-state index contributed by atoms with van der Waals surface area (Å²) in [6, 6.07) is 8.83. The van der Waals surface area contributed by atoms with E-state index in [9.17, 15) is 0 Å². The molecule has 0 bridgehead atoms. The largest absolute Gasteiger partial charge is 0.495 e. The van der Waals surface area contributed by atoms with Gasteiger partial charge in [-0.05, 0) is 37.2 Å². The summed E-state index contributed by atoms with van der Waals surface area (Å²) >= 11 is 5.59. The summed E-state index contributed by atoms with van der Waals surface area (Å²) in [7, 11) is 1.73. The zero-order valence-corrected chi connectivity index (χ0v) is 14.1. The molecule has 1 aromatic rings. The zero-order chi connectivity index (χ0) is 15.4. The van der Waals surface area contributed by atoms with E-state index in [-0.39, 0.29) is 0 Å². The summed E-state index contributed by atoms with van der Waals surface area (Å²) in [6.07, 6.45) is 5.20. The van der Waals surface area contributed by atoms with Gasteiger partial charge in [0.15, 0.2) is 5.11 Å². The van der Waals surface area contributed by atoms with Crippen molar-refractivity contribution in [3.8, 4) is 5.75 Å². The molecule has 0 aromatic heterocycles. The molecule has 0 spiro atoms. The SMILES string of the molecule is COc1ccccc1N1CCN(C(=S)NC2CCCC2)CC1. The van der Waals surface area contributed by atoms with E-state index in [4.69, 9.17) is 17.0 Å². The Bertz CT molecular complexity index is 508. The maximum absolute atomic E-state index is 5.59. The van der Waals surface area contributed by atoms with Gasteiger partial charge in [-0.1, -0.05) is 25.0 Å². The quantitative estimate of drug-likeness (QED) is 0.865. The van der Waals surface area contributed by atoms with Gasteiger partial charge in [-0.25, -0.2) is 0 Å². The molecule has 3 rings (SSSR count). The number of nitrogens with one attached hydrogen (secondary N) is 1. The van der Waals surface area contributed by atoms with Gasteiger partial charge in [0.1, 0.15) is 5.75 Å². The van der Waals surface area contributed by atoms with Crippen LogP contribution in [0, 0.1) is 0 Å². The molecule has 2 fully saturated rings. The van der Waals surface area contributed by atoms with Gasteiger partial charge >= 0.3 is 0 Å². The third-order valence-electron chi connectivity index (χ3n) is 4.68. The monoisotopic (exact) mass is 319 g/mol. The fraction of sp³-hybridized carbons (Fsp3) is 0.588. The number of benzene rings is 1. The lowest BCUT2D eigenvalue weighted by Crippen LogP contribution is -2.53. The van der Waals surface area contributed by atoms with Gasteiger partial charge in [0.25, 0.3) is 0 Å². The van der Waals surface area contributed by atoms with E-state index >= 15 is 0 Å². The maximum Gasteiger partial charge on any atom is 0.169 e. The van der Waals surface area contributed by atoms with Crippen molar-refractivity contribution in [2.45, 2.75) is 31.7 Å². The van der Waals surface area contributed by atoms with E-state index in [0.717, 1.165) is 37.0 Å². The number of para-hydroxylation sites is 2. The van der Waals surface area contributed by atoms with Crippen molar-refractivity contribution < 1.29 is 4.74 Å². The molecule has 0 radical (unpaired) electrons. The maximum atomic E-state index is 5.59. The van der Waals surface area contributed by atoms with Crippen LogP contribution in [0.2, 0.25) is 0 Å². The van der Waals surface area contributed by atoms with Crippen molar-refractivity contribution in [3.63, 3.8) is 0 Å². The number of hydrogen-bond donors (Lipinski definition) is 1. The van der Waals surface area contributed by atoms with Crippen LogP contribution in [0.25, 0.3) is 0 Å². The van der Waals surface area contributed by atoms with Crippen molar-refractivity contribution in [3.05, 3.63) is 24.3 Å². The van der Waals surface area contributed by atoms with Crippen LogP contribution in [-0.2, 0) is 0 Å². The first-order valence-electron chi connectivity index (χ1n) is 8.21. The smallest absolute Gasteiger partial charge is 0.169 e. The fourth-order valence-electron chi connectivity index (χ4n) is 3.38. The van der Waals surface area contributed by atoms with Crippen molar-refractivity contribution in [2.24, 2.45) is 0 Å². The van der Waals surface area contributed by atoms with Crippen LogP contribution in [0.5, 0.6) is 5.75 Å². The Balaban J connectivity index is 1.54. The Hall–Kier alpha value is -1.49. The highest BCUT2D eigenvalue weighted by Crippen LogP contribution is 2.28. The Morgan fingerprint density at radius 1 is 1.14 bits per heavy atom. The molecular weight excluding hydrogens is 294 g/mol. The lowest BCUT2D eigenvalue weighted by molar-refractivity contribution is 0.368. The molecule has 5 heteroatoms. The third-order valence-corrected chi connectivity index (χ3v) is 5.05. The van der Waals surface area contributed by atoms with E-state index < -0.39 is 0 Å². The Labute approximate surface area is 138 Å². The zero-order valence-electron chi connectivity index (χ0n) is 13.3. The number of thiocarbonyl (C=S) groups is 1. The Morgan fingerprint density at radius 2 is 1.82 bits per heavy atom. The van der Waals surface area contributed by atoms with Crippen LogP contribution in [-0.4, -0.2) is 49.3 Å². The number of hydrogen-bond acceptors (Lipinski definition) is 3. The lowest BCUT2D eigenvalue weighted by atomic mass is 10.2. The summed E-state index contributed by atoms with van der Waals surface area (Å²) in [4.78, 5) is 4.69. The molecule has 1 aromatic carbocycles. The molecule has 4 nitrogen and oxygen atoms in total. The highest BCUT2D eigenvalue weighted by atomic mass is 32.1. The Kier molecular flexibility index (Phi) is 5.03. The molecule has 1 aliphatic carbocycles. The molecule has 0 amide bonds. The molecule has 0 atom stereocenters. The minimum absolute atomic E-state index is 0.597. The van der Waals surface area contributed by atoms with E-state index in [1.54, 1.807) is 7.11 Å². The summed E-state index contributed by atoms with van der Waals surface area (Å²) in [6.45, 7) is 3.90. The molecule has 1 saturated heterocycles. The number of methoxy groups -OCH3 is 1. The molecule has 120 valence electrons. The molecular formula is C17H25N3OS. The summed E-state index contributed by atoms with van der Waals surface area (Å²) < 4.78 is 5.47. The van der Waals surface area contributed by atoms with Gasteiger partial charge in [0, 0.05) is 32.2 Å². The predicted molar refractivity (Wildman–Crippen MR) is 94.8 cm³/mol. The number of rotatable bonds is 3. The van der Waals surface area contributed by atoms with Crippen molar-refractivity contribution in [1.82, 2.24) is 10.2 Å². The van der Waals surface area contributed by atoms with Gasteiger partial charge in [-0.15, -0.1) is 0 Å². The third kappa shape index (κ3) is 3.46. The second-order valence-corrected chi connectivity index (χ2v) is 6.46. The van der Waals surface area contributed by atoms with Gasteiger partial charge in [0.2, 0.25) is 0 Å². The van der Waals surface area contributed by atoms with Crippen LogP contribution >= 0.6 is 12.2 Å². The van der Waals surface area contributed by atoms with Gasteiger partial charge in [0.05, 0.1) is 12.8 Å². The van der Waals surface area contributed by atoms with Crippen molar-refractivity contribution >= 4 is 23.0 Å². The summed E-state index contributed by atoms with van der Waals surface area (Å²) in [5.41, 5.74) is 1.18. The topological polar surface area (TPSA) is 27.7 Å². The molecule has 0 unspecified atom stereocenters. The first-order valence-corrected chi connectivity index (χ1v) is 8.62. The van der Waals surface area contributed by atoms with Crippen LogP contribution in [0.15, 0.2) is 24.3 Å². The molecule has 2 aliphatic rings. The van der Waals surface area contributed by atoms with Crippen LogP contribution in [0.1, 0.15) is 25.7 Å². The van der Waals surface area contributed by atoms with Crippen LogP contribution in [0.3, 0.4) is 0 Å². The Morgan fingerprint density at radius 3 is 2.50 bits per heavy atom. The second-order valence-electron chi connectivity index (χ2n) is 6.08. The lowest BCUT2D eigenvalue weighted by Gasteiger charge is -2.38. The molecule has 1 saturated carbocycles. The van der Waals surface area contributed by atoms with Crippen molar-refractivity contribution in [1.29, 1.82) is 0 Å². The molecule has 1 heterocycles. The van der Waals surface area contributed by atoms with Crippen LogP contribution < -0.4 is 15.0 Å². The summed E-state index contributed by atoms with van der Waals surface area (Å²) in [5.74, 6) is 0.947. The second kappa shape index (κ2) is 7.18. The van der Waals surface area contributed by atoms with E-state index in [1.165, 1.54) is 31.4 Å². The number of piperazine rings is 1. The van der Waals surface area contributed by atoms with Crippen LogP contribution in [0.4, 0.5) is 5.69 Å². The van der Waals surface area contributed by atoms with Crippen molar-refractivity contribution in [2.75, 3.05) is 38.2 Å². The minimum atomic E-state index is 0.597. The predicted octanol–water partition coefficient (Wildman–Crippen LogP) is 2.63. The highest BCUT2D eigenvalue weighted by molar-refractivity contribution is 7.80. The standard InChI is InChI=1S/C17H25N3OS/c1-21-16-9-5-4-8-15(16)19-10-12-20(13-11-19)17(22)18-14-6-2-3-7-14/h4-5,8-9,14H,2-3,6-7,10-13H2,1H3,(H,18,22). The van der Waals surface area contributed by atoms with Gasteiger partial charge in [-0.3, -0.25) is 0 Å². The molecule has 1 N–H and O–H groups in total.